The number of nitrogens with two attached hydrogens (primary N) is 1. The van der Waals surface area contributed by atoms with E-state index < -0.39 is 5.92 Å². The molecule has 0 saturated heterocycles. The predicted molar refractivity (Wildman–Crippen MR) is 102 cm³/mol. The number of hydrogen-bond donors (Lipinski definition) is 2. The minimum atomic E-state index is -0.513. The molecule has 8 nitrogen and oxygen atoms in total. The molecule has 1 atom stereocenters. The smallest absolute Gasteiger partial charge is 0.244 e. The highest BCUT2D eigenvalue weighted by Gasteiger charge is 2.37. The zero-order chi connectivity index (χ0) is 20.0. The van der Waals surface area contributed by atoms with Gasteiger partial charge in [-0.25, -0.2) is 0 Å². The topological polar surface area (TPSA) is 115 Å². The molecular weight excluding hydrogens is 372 g/mol. The molecule has 0 amide bonds. The zero-order valence-corrected chi connectivity index (χ0v) is 15.4. The van der Waals surface area contributed by atoms with Crippen LogP contribution < -0.4 is 24.7 Å². The first-order chi connectivity index (χ1) is 14.2. The molecule has 0 spiro atoms. The van der Waals surface area contributed by atoms with E-state index in [1.54, 1.807) is 7.11 Å². The normalized spacial score (nSPS) is 16.8. The van der Waals surface area contributed by atoms with Crippen molar-refractivity contribution < 1.29 is 18.9 Å². The predicted octanol–water partition coefficient (Wildman–Crippen LogP) is 3.03. The Morgan fingerprint density at radius 1 is 1.24 bits per heavy atom. The third-order valence-corrected chi connectivity index (χ3v) is 5.02. The summed E-state index contributed by atoms with van der Waals surface area (Å²) in [5.41, 5.74) is 9.50. The fraction of sp³-hybridized carbons (Fsp3) is 0.143. The van der Waals surface area contributed by atoms with Crippen molar-refractivity contribution in [2.24, 2.45) is 5.73 Å². The number of ether oxygens (including phenoxy) is 4. The quantitative estimate of drug-likeness (QED) is 0.708. The standard InChI is InChI=1S/C21H16N4O4/c1-26-14-7-12(8-15-19(14)28-10-27-15)16-13(9-22)20(23)29-21-17(16)18(24-25-21)11-5-3-2-4-6-11/h2-8,16H,10,23H2,1H3,(H,24,25)/t16-/m1/s1. The number of allylic oxidation sites excluding steroid dienone is 1. The van der Waals surface area contributed by atoms with Crippen LogP contribution in [0.1, 0.15) is 17.0 Å². The minimum Gasteiger partial charge on any atom is -0.493 e. The van der Waals surface area contributed by atoms with Crippen LogP contribution in [0.15, 0.2) is 53.9 Å². The van der Waals surface area contributed by atoms with E-state index in [4.69, 9.17) is 24.7 Å². The number of hydrogen-bond acceptors (Lipinski definition) is 7. The van der Waals surface area contributed by atoms with Crippen LogP contribution in [0.5, 0.6) is 23.1 Å². The van der Waals surface area contributed by atoms with Gasteiger partial charge in [-0.3, -0.25) is 5.10 Å². The van der Waals surface area contributed by atoms with Gasteiger partial charge in [0.1, 0.15) is 11.6 Å². The van der Waals surface area contributed by atoms with Gasteiger partial charge in [0.05, 0.1) is 24.3 Å². The lowest BCUT2D eigenvalue weighted by molar-refractivity contribution is 0.171. The Morgan fingerprint density at radius 3 is 2.83 bits per heavy atom. The number of nitriles is 1. The number of benzene rings is 2. The van der Waals surface area contributed by atoms with Crippen LogP contribution in [0.25, 0.3) is 11.3 Å². The highest BCUT2D eigenvalue weighted by molar-refractivity contribution is 5.71. The van der Waals surface area contributed by atoms with Crippen molar-refractivity contribution in [1.29, 1.82) is 5.26 Å². The number of H-pyrrole nitrogens is 1. The Morgan fingerprint density at radius 2 is 2.07 bits per heavy atom. The van der Waals surface area contributed by atoms with Crippen LogP contribution in [0.3, 0.4) is 0 Å². The van der Waals surface area contributed by atoms with Crippen molar-refractivity contribution in [2.75, 3.05) is 13.9 Å². The molecule has 0 bridgehead atoms. The maximum atomic E-state index is 9.85. The Kier molecular flexibility index (Phi) is 3.81. The molecule has 5 rings (SSSR count). The Hall–Kier alpha value is -4.12. The minimum absolute atomic E-state index is 0.0211. The fourth-order valence-electron chi connectivity index (χ4n) is 3.72. The molecule has 29 heavy (non-hydrogen) atoms. The second-order valence-corrected chi connectivity index (χ2v) is 6.57. The summed E-state index contributed by atoms with van der Waals surface area (Å²) in [7, 11) is 1.55. The molecule has 2 aromatic carbocycles. The zero-order valence-electron chi connectivity index (χ0n) is 15.4. The van der Waals surface area contributed by atoms with Crippen LogP contribution in [-0.2, 0) is 0 Å². The van der Waals surface area contributed by atoms with Crippen molar-refractivity contribution in [3.05, 3.63) is 65.0 Å². The number of rotatable bonds is 3. The first kappa shape index (κ1) is 17.0. The number of methoxy groups -OCH3 is 1. The Labute approximate surface area is 166 Å². The summed E-state index contributed by atoms with van der Waals surface area (Å²) in [5, 5.41) is 17.2. The summed E-state index contributed by atoms with van der Waals surface area (Å²) in [6, 6.07) is 15.5. The lowest BCUT2D eigenvalue weighted by atomic mass is 9.82. The first-order valence-electron chi connectivity index (χ1n) is 8.90. The number of aromatic nitrogens is 2. The number of nitrogens with one attached hydrogen (secondary N) is 1. The second-order valence-electron chi connectivity index (χ2n) is 6.57. The Balaban J connectivity index is 1.75. The summed E-state index contributed by atoms with van der Waals surface area (Å²) in [6.07, 6.45) is 0. The van der Waals surface area contributed by atoms with Crippen LogP contribution in [0, 0.1) is 11.3 Å². The van der Waals surface area contributed by atoms with E-state index in [2.05, 4.69) is 16.3 Å². The van der Waals surface area contributed by atoms with Crippen LogP contribution in [-0.4, -0.2) is 24.1 Å². The molecule has 3 heterocycles. The number of fused-ring (bicyclic) bond motifs is 2. The van der Waals surface area contributed by atoms with E-state index in [-0.39, 0.29) is 18.2 Å². The van der Waals surface area contributed by atoms with E-state index in [0.717, 1.165) is 22.4 Å². The molecule has 0 radical (unpaired) electrons. The second kappa shape index (κ2) is 6.49. The molecule has 0 unspecified atom stereocenters. The maximum absolute atomic E-state index is 9.85. The van der Waals surface area contributed by atoms with E-state index >= 15 is 0 Å². The molecule has 0 fully saturated rings. The Bertz CT molecular complexity index is 1180. The molecule has 0 saturated carbocycles. The average Bonchev–Trinajstić information content (AvgIpc) is 3.39. The number of aromatic amines is 1. The molecule has 2 aliphatic rings. The molecule has 144 valence electrons. The third-order valence-electron chi connectivity index (χ3n) is 5.02. The van der Waals surface area contributed by atoms with Gasteiger partial charge in [-0.05, 0) is 23.3 Å². The third kappa shape index (κ3) is 2.56. The van der Waals surface area contributed by atoms with Gasteiger partial charge >= 0.3 is 0 Å². The van der Waals surface area contributed by atoms with Gasteiger partial charge in [0.15, 0.2) is 11.5 Å². The highest BCUT2D eigenvalue weighted by atomic mass is 16.7. The van der Waals surface area contributed by atoms with E-state index in [1.807, 2.05) is 42.5 Å². The molecule has 0 aliphatic carbocycles. The SMILES string of the molecule is COc1cc([C@@H]2C(C#N)=C(N)Oc3n[nH]c(-c4ccccc4)c32)cc2c1OCO2. The van der Waals surface area contributed by atoms with Crippen molar-refractivity contribution >= 4 is 0 Å². The van der Waals surface area contributed by atoms with Gasteiger partial charge in [-0.15, -0.1) is 5.10 Å². The van der Waals surface area contributed by atoms with Crippen molar-refractivity contribution in [2.45, 2.75) is 5.92 Å². The summed E-state index contributed by atoms with van der Waals surface area (Å²) < 4.78 is 22.2. The van der Waals surface area contributed by atoms with E-state index in [9.17, 15) is 5.26 Å². The summed E-state index contributed by atoms with van der Waals surface area (Å²) in [5.74, 6) is 1.45. The first-order valence-corrected chi connectivity index (χ1v) is 8.90. The summed E-state index contributed by atoms with van der Waals surface area (Å²) >= 11 is 0. The van der Waals surface area contributed by atoms with E-state index in [1.165, 1.54) is 0 Å². The van der Waals surface area contributed by atoms with Gasteiger partial charge in [0.2, 0.25) is 24.3 Å². The molecule has 1 aromatic heterocycles. The van der Waals surface area contributed by atoms with Gasteiger partial charge in [-0.1, -0.05) is 30.3 Å². The largest absolute Gasteiger partial charge is 0.493 e. The number of nitrogens with zero attached hydrogens (tertiary/aromatic N) is 2. The molecule has 2 aliphatic heterocycles. The maximum Gasteiger partial charge on any atom is 0.244 e. The molecule has 8 heteroatoms. The van der Waals surface area contributed by atoms with Crippen LogP contribution in [0.2, 0.25) is 0 Å². The van der Waals surface area contributed by atoms with E-state index in [0.29, 0.717) is 23.1 Å². The van der Waals surface area contributed by atoms with Gasteiger partial charge in [0.25, 0.3) is 0 Å². The van der Waals surface area contributed by atoms with Gasteiger partial charge < -0.3 is 24.7 Å². The van der Waals surface area contributed by atoms with Crippen molar-refractivity contribution in [3.8, 4) is 40.5 Å². The van der Waals surface area contributed by atoms with Gasteiger partial charge in [0, 0.05) is 0 Å². The van der Waals surface area contributed by atoms with Gasteiger partial charge in [-0.2, -0.15) is 5.26 Å². The highest BCUT2D eigenvalue weighted by Crippen LogP contribution is 2.50. The molecule has 3 N–H and O–H groups in total. The lowest BCUT2D eigenvalue weighted by Crippen LogP contribution is -2.21. The molecular formula is C21H16N4O4. The molecule has 3 aromatic rings. The fourth-order valence-corrected chi connectivity index (χ4v) is 3.72. The average molecular weight is 388 g/mol. The van der Waals surface area contributed by atoms with Crippen molar-refractivity contribution in [3.63, 3.8) is 0 Å². The van der Waals surface area contributed by atoms with Crippen molar-refractivity contribution in [1.82, 2.24) is 10.2 Å². The lowest BCUT2D eigenvalue weighted by Gasteiger charge is -2.24. The summed E-state index contributed by atoms with van der Waals surface area (Å²) in [6.45, 7) is 0.109. The summed E-state index contributed by atoms with van der Waals surface area (Å²) in [4.78, 5) is 0. The van der Waals surface area contributed by atoms with Crippen LogP contribution in [0.4, 0.5) is 0 Å². The van der Waals surface area contributed by atoms with Crippen LogP contribution >= 0.6 is 0 Å². The monoisotopic (exact) mass is 388 g/mol.